The lowest BCUT2D eigenvalue weighted by Gasteiger charge is -2.31. The molecule has 0 bridgehead atoms. The Morgan fingerprint density at radius 3 is 2.76 bits per heavy atom. The minimum Gasteiger partial charge on any atom is -0.495 e. The van der Waals surface area contributed by atoms with E-state index in [1.54, 1.807) is 0 Å². The number of nitrogens with zero attached hydrogens (tertiary/aromatic N) is 1. The Labute approximate surface area is 128 Å². The van der Waals surface area contributed by atoms with Crippen molar-refractivity contribution in [2.24, 2.45) is 0 Å². The molecule has 1 unspecified atom stereocenters. The van der Waals surface area contributed by atoms with Crippen molar-refractivity contribution in [1.82, 2.24) is 4.31 Å². The maximum Gasteiger partial charge on any atom is 0.322 e. The summed E-state index contributed by atoms with van der Waals surface area (Å²) in [5.41, 5.74) is 0. The number of piperidine rings is 1. The second-order valence-corrected chi connectivity index (χ2v) is 7.06. The van der Waals surface area contributed by atoms with Gasteiger partial charge in [-0.1, -0.05) is 11.6 Å². The maximum absolute atomic E-state index is 12.6. The first kappa shape index (κ1) is 16.1. The Bertz CT molecular complexity index is 646. The van der Waals surface area contributed by atoms with Gasteiger partial charge in [-0.25, -0.2) is 8.42 Å². The van der Waals surface area contributed by atoms with Crippen LogP contribution in [0.2, 0.25) is 5.02 Å². The lowest BCUT2D eigenvalue weighted by molar-refractivity contribution is -0.142. The number of ether oxygens (including phenoxy) is 1. The Morgan fingerprint density at radius 2 is 2.14 bits per heavy atom. The molecule has 0 saturated carbocycles. The number of sulfonamides is 1. The van der Waals surface area contributed by atoms with Crippen molar-refractivity contribution in [1.29, 1.82) is 0 Å². The second kappa shape index (κ2) is 6.21. The first-order chi connectivity index (χ1) is 9.87. The normalized spacial score (nSPS) is 20.2. The SMILES string of the molecule is COc1cc(S(=O)(=O)N2CCCCC2C(=O)O)ccc1Cl. The lowest BCUT2D eigenvalue weighted by Crippen LogP contribution is -2.47. The quantitative estimate of drug-likeness (QED) is 0.910. The molecule has 116 valence electrons. The van der Waals surface area contributed by atoms with Crippen LogP contribution in [0.3, 0.4) is 0 Å². The zero-order valence-electron chi connectivity index (χ0n) is 11.5. The number of halogens is 1. The van der Waals surface area contributed by atoms with Crippen LogP contribution in [0.1, 0.15) is 19.3 Å². The highest BCUT2D eigenvalue weighted by atomic mass is 35.5. The summed E-state index contributed by atoms with van der Waals surface area (Å²) >= 11 is 5.88. The number of benzene rings is 1. The van der Waals surface area contributed by atoms with E-state index in [1.807, 2.05) is 0 Å². The van der Waals surface area contributed by atoms with Gasteiger partial charge >= 0.3 is 5.97 Å². The van der Waals surface area contributed by atoms with Gasteiger partial charge in [0.2, 0.25) is 10.0 Å². The summed E-state index contributed by atoms with van der Waals surface area (Å²) in [5.74, 6) is -0.888. The van der Waals surface area contributed by atoms with Gasteiger partial charge in [-0.2, -0.15) is 4.31 Å². The van der Waals surface area contributed by atoms with Crippen LogP contribution < -0.4 is 4.74 Å². The van der Waals surface area contributed by atoms with Gasteiger partial charge in [0, 0.05) is 12.6 Å². The molecule has 0 aliphatic carbocycles. The minimum atomic E-state index is -3.89. The van der Waals surface area contributed by atoms with Gasteiger partial charge in [0.25, 0.3) is 0 Å². The first-order valence-corrected chi connectivity index (χ1v) is 8.28. The molecule has 1 aliphatic heterocycles. The molecule has 1 aromatic carbocycles. The van der Waals surface area contributed by atoms with Crippen molar-refractivity contribution in [3.05, 3.63) is 23.2 Å². The fraction of sp³-hybridized carbons (Fsp3) is 0.462. The summed E-state index contributed by atoms with van der Waals surface area (Å²) in [4.78, 5) is 11.3. The Balaban J connectivity index is 2.42. The zero-order chi connectivity index (χ0) is 15.6. The van der Waals surface area contributed by atoms with Crippen molar-refractivity contribution < 1.29 is 23.1 Å². The van der Waals surface area contributed by atoms with E-state index in [-0.39, 0.29) is 17.2 Å². The number of carboxylic acid groups (broad SMARTS) is 1. The van der Waals surface area contributed by atoms with Crippen LogP contribution in [0.25, 0.3) is 0 Å². The van der Waals surface area contributed by atoms with Crippen molar-refractivity contribution in [2.45, 2.75) is 30.2 Å². The highest BCUT2D eigenvalue weighted by molar-refractivity contribution is 7.89. The smallest absolute Gasteiger partial charge is 0.322 e. The fourth-order valence-electron chi connectivity index (χ4n) is 2.38. The number of carboxylic acids is 1. The number of methoxy groups -OCH3 is 1. The van der Waals surface area contributed by atoms with E-state index in [0.717, 1.165) is 4.31 Å². The molecule has 0 radical (unpaired) electrons. The molecule has 21 heavy (non-hydrogen) atoms. The number of hydrogen-bond donors (Lipinski definition) is 1. The molecule has 8 heteroatoms. The van der Waals surface area contributed by atoms with Crippen LogP contribution in [-0.4, -0.2) is 43.5 Å². The van der Waals surface area contributed by atoms with E-state index in [2.05, 4.69) is 0 Å². The van der Waals surface area contributed by atoms with Crippen LogP contribution >= 0.6 is 11.6 Å². The summed E-state index contributed by atoms with van der Waals surface area (Å²) in [6.45, 7) is 0.199. The van der Waals surface area contributed by atoms with Crippen molar-refractivity contribution in [3.63, 3.8) is 0 Å². The monoisotopic (exact) mass is 333 g/mol. The molecular formula is C13H16ClNO5S. The van der Waals surface area contributed by atoms with Gasteiger partial charge in [-0.3, -0.25) is 4.79 Å². The molecule has 1 fully saturated rings. The van der Waals surface area contributed by atoms with E-state index < -0.39 is 22.0 Å². The third-order valence-corrected chi connectivity index (χ3v) is 5.68. The van der Waals surface area contributed by atoms with E-state index in [4.69, 9.17) is 16.3 Å². The third-order valence-electron chi connectivity index (χ3n) is 3.47. The van der Waals surface area contributed by atoms with Gasteiger partial charge in [0.15, 0.2) is 0 Å². The minimum absolute atomic E-state index is 0.0168. The average Bonchev–Trinajstić information content (AvgIpc) is 2.47. The van der Waals surface area contributed by atoms with Gasteiger partial charge in [0.05, 0.1) is 17.0 Å². The molecule has 1 aliphatic rings. The molecule has 6 nitrogen and oxygen atoms in total. The van der Waals surface area contributed by atoms with E-state index >= 15 is 0 Å². The highest BCUT2D eigenvalue weighted by Crippen LogP contribution is 2.31. The predicted molar refractivity (Wildman–Crippen MR) is 77.2 cm³/mol. The Hall–Kier alpha value is -1.31. The molecule has 1 saturated heterocycles. The second-order valence-electron chi connectivity index (χ2n) is 4.76. The zero-order valence-corrected chi connectivity index (χ0v) is 13.0. The van der Waals surface area contributed by atoms with E-state index in [1.165, 1.54) is 25.3 Å². The number of aliphatic carboxylic acids is 1. The van der Waals surface area contributed by atoms with Gasteiger partial charge in [0.1, 0.15) is 11.8 Å². The summed E-state index contributed by atoms with van der Waals surface area (Å²) in [6, 6.07) is 3.07. The molecule has 0 amide bonds. The van der Waals surface area contributed by atoms with Crippen LogP contribution in [0, 0.1) is 0 Å². The molecule has 0 aromatic heterocycles. The number of rotatable bonds is 4. The summed E-state index contributed by atoms with van der Waals surface area (Å²) < 4.78 is 31.3. The lowest BCUT2D eigenvalue weighted by atomic mass is 10.1. The maximum atomic E-state index is 12.6. The summed E-state index contributed by atoms with van der Waals surface area (Å²) in [6.07, 6.45) is 1.67. The topological polar surface area (TPSA) is 83.9 Å². The molecule has 1 heterocycles. The number of carbonyl (C=O) groups is 1. The van der Waals surface area contributed by atoms with Crippen molar-refractivity contribution >= 4 is 27.6 Å². The molecule has 2 rings (SSSR count). The highest BCUT2D eigenvalue weighted by Gasteiger charge is 2.37. The largest absolute Gasteiger partial charge is 0.495 e. The number of hydrogen-bond acceptors (Lipinski definition) is 4. The summed E-state index contributed by atoms with van der Waals surface area (Å²) in [5, 5.41) is 9.51. The fourth-order valence-corrected chi connectivity index (χ4v) is 4.24. The van der Waals surface area contributed by atoms with Crippen molar-refractivity contribution in [3.8, 4) is 5.75 Å². The van der Waals surface area contributed by atoms with Crippen molar-refractivity contribution in [2.75, 3.05) is 13.7 Å². The van der Waals surface area contributed by atoms with Gasteiger partial charge < -0.3 is 9.84 Å². The molecule has 1 aromatic rings. The van der Waals surface area contributed by atoms with Gasteiger partial charge in [-0.05, 0) is 31.4 Å². The predicted octanol–water partition coefficient (Wildman–Crippen LogP) is 1.98. The standard InChI is InChI=1S/C13H16ClNO5S/c1-20-12-8-9(5-6-10(12)14)21(18,19)15-7-3-2-4-11(15)13(16)17/h5-6,8,11H,2-4,7H2,1H3,(H,16,17). The van der Waals surface area contributed by atoms with Crippen LogP contribution in [0.4, 0.5) is 0 Å². The first-order valence-electron chi connectivity index (χ1n) is 6.46. The van der Waals surface area contributed by atoms with Crippen LogP contribution in [-0.2, 0) is 14.8 Å². The molecule has 1 N–H and O–H groups in total. The Kier molecular flexibility index (Phi) is 4.75. The molecule has 1 atom stereocenters. The van der Waals surface area contributed by atoms with Gasteiger partial charge in [-0.15, -0.1) is 0 Å². The third kappa shape index (κ3) is 3.14. The Morgan fingerprint density at radius 1 is 1.43 bits per heavy atom. The van der Waals surface area contributed by atoms with Crippen LogP contribution in [0.5, 0.6) is 5.75 Å². The summed E-state index contributed by atoms with van der Waals surface area (Å²) in [7, 11) is -2.50. The molecular weight excluding hydrogens is 318 g/mol. The van der Waals surface area contributed by atoms with E-state index in [9.17, 15) is 18.3 Å². The van der Waals surface area contributed by atoms with Crippen LogP contribution in [0.15, 0.2) is 23.1 Å². The van der Waals surface area contributed by atoms with E-state index in [0.29, 0.717) is 24.3 Å². The molecule has 0 spiro atoms. The average molecular weight is 334 g/mol.